The third-order valence-electron chi connectivity index (χ3n) is 7.39. The SMILES string of the molecule is CC1(C)Cc2c(c3c(n2-c2ccc(C(N)=O)c(N[C@H]4CC[C@H](O)CC4)c2)CCC3)S(=O)(=O)C1. The average Bonchev–Trinajstić information content (AvgIpc) is 3.27. The van der Waals surface area contributed by atoms with E-state index in [1.165, 1.54) is 0 Å². The summed E-state index contributed by atoms with van der Waals surface area (Å²) < 4.78 is 28.7. The molecular formula is C25H33N3O4S. The third kappa shape index (κ3) is 3.97. The maximum atomic E-state index is 13.3. The fraction of sp³-hybridized carbons (Fsp3) is 0.560. The van der Waals surface area contributed by atoms with Crippen molar-refractivity contribution in [3.63, 3.8) is 0 Å². The van der Waals surface area contributed by atoms with Crippen molar-refractivity contribution < 1.29 is 18.3 Å². The first kappa shape index (κ1) is 22.5. The fourth-order valence-electron chi connectivity index (χ4n) is 6.03. The highest BCUT2D eigenvalue weighted by molar-refractivity contribution is 7.91. The van der Waals surface area contributed by atoms with Crippen LogP contribution in [0.4, 0.5) is 5.69 Å². The zero-order valence-electron chi connectivity index (χ0n) is 19.4. The van der Waals surface area contributed by atoms with Gasteiger partial charge in [0.05, 0.1) is 22.3 Å². The molecule has 1 fully saturated rings. The molecule has 3 aliphatic rings. The van der Waals surface area contributed by atoms with E-state index in [1.54, 1.807) is 6.07 Å². The van der Waals surface area contributed by atoms with Gasteiger partial charge in [-0.3, -0.25) is 4.79 Å². The number of amides is 1. The number of nitrogens with one attached hydrogen (secondary N) is 1. The summed E-state index contributed by atoms with van der Waals surface area (Å²) in [5.74, 6) is -0.326. The first-order valence-corrected chi connectivity index (χ1v) is 13.6. The highest BCUT2D eigenvalue weighted by Crippen LogP contribution is 2.44. The van der Waals surface area contributed by atoms with Crippen LogP contribution in [0.2, 0.25) is 0 Å². The number of aromatic nitrogens is 1. The van der Waals surface area contributed by atoms with Crippen LogP contribution >= 0.6 is 0 Å². The Bertz CT molecular complexity index is 1220. The van der Waals surface area contributed by atoms with E-state index in [1.807, 2.05) is 26.0 Å². The number of primary amides is 1. The van der Waals surface area contributed by atoms with Gasteiger partial charge in [0.15, 0.2) is 9.84 Å². The number of rotatable bonds is 4. The molecule has 2 aliphatic carbocycles. The predicted octanol–water partition coefficient (Wildman–Crippen LogP) is 3.14. The molecule has 1 aromatic heterocycles. The van der Waals surface area contributed by atoms with Crippen LogP contribution in [0.3, 0.4) is 0 Å². The molecule has 0 spiro atoms. The van der Waals surface area contributed by atoms with E-state index in [9.17, 15) is 18.3 Å². The van der Waals surface area contributed by atoms with Crippen LogP contribution in [-0.2, 0) is 29.1 Å². The van der Waals surface area contributed by atoms with Gasteiger partial charge in [0.25, 0.3) is 5.91 Å². The molecule has 1 aliphatic heterocycles. The number of anilines is 1. The molecule has 0 unspecified atom stereocenters. The van der Waals surface area contributed by atoms with Gasteiger partial charge in [0, 0.05) is 28.8 Å². The summed E-state index contributed by atoms with van der Waals surface area (Å²) in [4.78, 5) is 12.7. The lowest BCUT2D eigenvalue weighted by molar-refractivity contribution is 0.100. The maximum absolute atomic E-state index is 13.3. The van der Waals surface area contributed by atoms with Gasteiger partial charge >= 0.3 is 0 Å². The summed E-state index contributed by atoms with van der Waals surface area (Å²) in [6.45, 7) is 4.02. The Morgan fingerprint density at radius 3 is 2.58 bits per heavy atom. The first-order chi connectivity index (χ1) is 15.6. The van der Waals surface area contributed by atoms with Crippen molar-refractivity contribution in [3.05, 3.63) is 40.7 Å². The number of carbonyl (C=O) groups is 1. The van der Waals surface area contributed by atoms with Gasteiger partial charge in [-0.05, 0) is 80.5 Å². The topological polar surface area (TPSA) is 114 Å². The van der Waals surface area contributed by atoms with Crippen molar-refractivity contribution >= 4 is 21.4 Å². The van der Waals surface area contributed by atoms with Gasteiger partial charge in [0.2, 0.25) is 0 Å². The Labute approximate surface area is 195 Å². The standard InChI is InChI=1S/C25H33N3O4S/c1-25(2)13-22-23(33(31,32)14-25)19-4-3-5-21(19)28(22)16-8-11-18(24(26)30)20(12-16)27-15-6-9-17(29)10-7-15/h8,11-12,15,17,27,29H,3-7,9-10,13-14H2,1-2H3,(H2,26,30)/t15-,17-. The van der Waals surface area contributed by atoms with Gasteiger partial charge in [-0.25, -0.2) is 8.42 Å². The van der Waals surface area contributed by atoms with Gasteiger partial charge in [-0.1, -0.05) is 13.8 Å². The summed E-state index contributed by atoms with van der Waals surface area (Å²) in [5.41, 5.74) is 10.2. The van der Waals surface area contributed by atoms with Crippen molar-refractivity contribution in [3.8, 4) is 5.69 Å². The average molecular weight is 472 g/mol. The van der Waals surface area contributed by atoms with Crippen LogP contribution in [0.1, 0.15) is 73.3 Å². The number of aliphatic hydroxyl groups excluding tert-OH is 1. The second kappa shape index (κ2) is 7.87. The normalized spacial score (nSPS) is 25.3. The van der Waals surface area contributed by atoms with E-state index in [0.29, 0.717) is 22.6 Å². The van der Waals surface area contributed by atoms with E-state index < -0.39 is 15.7 Å². The molecule has 8 heteroatoms. The number of benzene rings is 1. The largest absolute Gasteiger partial charge is 0.393 e. The van der Waals surface area contributed by atoms with E-state index in [4.69, 9.17) is 5.73 Å². The Hall–Kier alpha value is -2.32. The molecule has 5 rings (SSSR count). The predicted molar refractivity (Wildman–Crippen MR) is 128 cm³/mol. The second-order valence-corrected chi connectivity index (χ2v) is 12.7. The highest BCUT2D eigenvalue weighted by Gasteiger charge is 2.42. The van der Waals surface area contributed by atoms with E-state index in [0.717, 1.165) is 67.6 Å². The summed E-state index contributed by atoms with van der Waals surface area (Å²) in [6.07, 6.45) is 6.13. The van der Waals surface area contributed by atoms with E-state index >= 15 is 0 Å². The number of hydrogen-bond acceptors (Lipinski definition) is 5. The Morgan fingerprint density at radius 2 is 1.88 bits per heavy atom. The molecule has 2 heterocycles. The van der Waals surface area contributed by atoms with Crippen molar-refractivity contribution in [1.29, 1.82) is 0 Å². The van der Waals surface area contributed by atoms with Crippen molar-refractivity contribution in [2.24, 2.45) is 11.1 Å². The lowest BCUT2D eigenvalue weighted by Crippen LogP contribution is -2.33. The molecule has 2 aromatic rings. The Kier molecular flexibility index (Phi) is 5.36. The van der Waals surface area contributed by atoms with Crippen LogP contribution in [0, 0.1) is 5.41 Å². The quantitative estimate of drug-likeness (QED) is 0.634. The van der Waals surface area contributed by atoms with Crippen LogP contribution in [-0.4, -0.2) is 41.9 Å². The monoisotopic (exact) mass is 471 g/mol. The zero-order chi connectivity index (χ0) is 23.5. The smallest absolute Gasteiger partial charge is 0.250 e. The lowest BCUT2D eigenvalue weighted by Gasteiger charge is -2.31. The van der Waals surface area contributed by atoms with Gasteiger partial charge in [-0.15, -0.1) is 0 Å². The fourth-order valence-corrected chi connectivity index (χ4v) is 8.43. The third-order valence-corrected chi connectivity index (χ3v) is 9.65. The number of hydrogen-bond donors (Lipinski definition) is 3. The molecule has 1 saturated carbocycles. The molecule has 1 amide bonds. The van der Waals surface area contributed by atoms with Gasteiger partial charge < -0.3 is 20.7 Å². The molecule has 0 bridgehead atoms. The summed E-state index contributed by atoms with van der Waals surface area (Å²) in [5, 5.41) is 13.3. The van der Waals surface area contributed by atoms with E-state index in [-0.39, 0.29) is 23.3 Å². The minimum absolute atomic E-state index is 0.158. The molecule has 178 valence electrons. The van der Waals surface area contributed by atoms with Crippen molar-refractivity contribution in [2.75, 3.05) is 11.1 Å². The molecule has 0 saturated heterocycles. The molecule has 33 heavy (non-hydrogen) atoms. The van der Waals surface area contributed by atoms with Crippen molar-refractivity contribution in [1.82, 2.24) is 4.57 Å². The van der Waals surface area contributed by atoms with Crippen LogP contribution in [0.5, 0.6) is 0 Å². The lowest BCUT2D eigenvalue weighted by atomic mass is 9.89. The van der Waals surface area contributed by atoms with Crippen LogP contribution in [0.15, 0.2) is 23.1 Å². The minimum Gasteiger partial charge on any atom is -0.393 e. The Balaban J connectivity index is 1.63. The number of carbonyl (C=O) groups excluding carboxylic acids is 1. The molecule has 1 aromatic carbocycles. The maximum Gasteiger partial charge on any atom is 0.250 e. The van der Waals surface area contributed by atoms with Crippen LogP contribution in [0.25, 0.3) is 5.69 Å². The molecular weight excluding hydrogens is 438 g/mol. The number of sulfone groups is 1. The first-order valence-electron chi connectivity index (χ1n) is 11.9. The van der Waals surface area contributed by atoms with Gasteiger partial charge in [-0.2, -0.15) is 0 Å². The molecule has 4 N–H and O–H groups in total. The Morgan fingerprint density at radius 1 is 1.15 bits per heavy atom. The van der Waals surface area contributed by atoms with Crippen molar-refractivity contribution in [2.45, 2.75) is 82.3 Å². The summed E-state index contributed by atoms with van der Waals surface area (Å²) in [6, 6.07) is 5.72. The zero-order valence-corrected chi connectivity index (χ0v) is 20.2. The molecule has 0 radical (unpaired) electrons. The van der Waals surface area contributed by atoms with Crippen LogP contribution < -0.4 is 11.1 Å². The summed E-state index contributed by atoms with van der Waals surface area (Å²) >= 11 is 0. The van der Waals surface area contributed by atoms with Gasteiger partial charge in [0.1, 0.15) is 0 Å². The molecule has 0 atom stereocenters. The number of nitrogens with zero attached hydrogens (tertiary/aromatic N) is 1. The summed E-state index contributed by atoms with van der Waals surface area (Å²) in [7, 11) is -3.36. The molecule has 7 nitrogen and oxygen atoms in total. The second-order valence-electron chi connectivity index (χ2n) is 10.7. The number of fused-ring (bicyclic) bond motifs is 3. The minimum atomic E-state index is -3.36. The number of nitrogens with two attached hydrogens (primary N) is 1. The van der Waals surface area contributed by atoms with E-state index in [2.05, 4.69) is 9.88 Å². The highest BCUT2D eigenvalue weighted by atomic mass is 32.2. The number of aliphatic hydroxyl groups is 1.